The molecule has 1 aromatic carbocycles. The van der Waals surface area contributed by atoms with Crippen molar-refractivity contribution in [2.75, 3.05) is 0 Å². The second-order valence-corrected chi connectivity index (χ2v) is 4.77. The molecule has 2 nitrogen and oxygen atoms in total. The van der Waals surface area contributed by atoms with E-state index in [-0.39, 0.29) is 5.82 Å². The van der Waals surface area contributed by atoms with Crippen LogP contribution in [0.2, 0.25) is 10.0 Å². The van der Waals surface area contributed by atoms with E-state index >= 15 is 0 Å². The number of hydrogen-bond donors (Lipinski definition) is 1. The molecule has 0 fully saturated rings. The molecule has 1 atom stereocenters. The summed E-state index contributed by atoms with van der Waals surface area (Å²) in [6, 6.07) is 7.61. The maximum absolute atomic E-state index is 13.5. The van der Waals surface area contributed by atoms with Gasteiger partial charge >= 0.3 is 0 Å². The average molecular weight is 285 g/mol. The van der Waals surface area contributed by atoms with Crippen molar-refractivity contribution in [3.8, 4) is 0 Å². The van der Waals surface area contributed by atoms with E-state index in [0.717, 1.165) is 0 Å². The molecule has 0 radical (unpaired) electrons. The van der Waals surface area contributed by atoms with Crippen LogP contribution in [0.1, 0.15) is 17.3 Å². The van der Waals surface area contributed by atoms with Crippen LogP contribution in [-0.4, -0.2) is 4.98 Å². The molecule has 1 heterocycles. The van der Waals surface area contributed by atoms with Gasteiger partial charge in [-0.05, 0) is 24.1 Å². The van der Waals surface area contributed by atoms with Gasteiger partial charge in [0, 0.05) is 6.20 Å². The molecular formula is C13H11Cl2FN2. The molecule has 1 aromatic heterocycles. The molecule has 1 unspecified atom stereocenters. The van der Waals surface area contributed by atoms with Crippen molar-refractivity contribution >= 4 is 23.2 Å². The van der Waals surface area contributed by atoms with E-state index in [0.29, 0.717) is 27.7 Å². The van der Waals surface area contributed by atoms with Gasteiger partial charge in [0.25, 0.3) is 0 Å². The highest BCUT2D eigenvalue weighted by molar-refractivity contribution is 6.34. The highest BCUT2D eigenvalue weighted by atomic mass is 35.5. The third-order valence-electron chi connectivity index (χ3n) is 2.59. The minimum atomic E-state index is -0.466. The van der Waals surface area contributed by atoms with Gasteiger partial charge in [0.05, 0.1) is 21.8 Å². The lowest BCUT2D eigenvalue weighted by atomic mass is 10.0. The van der Waals surface area contributed by atoms with Crippen molar-refractivity contribution in [3.63, 3.8) is 0 Å². The molecule has 2 rings (SSSR count). The SMILES string of the molecule is NC(Cc1ccccc1F)c1ncc(Cl)cc1Cl. The summed E-state index contributed by atoms with van der Waals surface area (Å²) in [6.45, 7) is 0. The predicted molar refractivity (Wildman–Crippen MR) is 71.3 cm³/mol. The minimum Gasteiger partial charge on any atom is -0.322 e. The van der Waals surface area contributed by atoms with Gasteiger partial charge < -0.3 is 5.73 Å². The first kappa shape index (κ1) is 13.3. The molecule has 2 aromatic rings. The van der Waals surface area contributed by atoms with Crippen molar-refractivity contribution in [1.29, 1.82) is 0 Å². The number of benzene rings is 1. The lowest BCUT2D eigenvalue weighted by Crippen LogP contribution is -2.16. The summed E-state index contributed by atoms with van der Waals surface area (Å²) in [4.78, 5) is 4.09. The maximum Gasteiger partial charge on any atom is 0.126 e. The number of aromatic nitrogens is 1. The number of halogens is 3. The summed E-state index contributed by atoms with van der Waals surface area (Å²) in [7, 11) is 0. The molecule has 0 aliphatic rings. The molecule has 0 amide bonds. The quantitative estimate of drug-likeness (QED) is 0.932. The molecule has 0 bridgehead atoms. The molecule has 0 saturated carbocycles. The van der Waals surface area contributed by atoms with E-state index in [9.17, 15) is 4.39 Å². The van der Waals surface area contributed by atoms with Gasteiger partial charge in [-0.15, -0.1) is 0 Å². The fourth-order valence-electron chi connectivity index (χ4n) is 1.70. The number of nitrogens with zero attached hydrogens (tertiary/aromatic N) is 1. The minimum absolute atomic E-state index is 0.280. The summed E-state index contributed by atoms with van der Waals surface area (Å²) in [5, 5.41) is 0.841. The Morgan fingerprint density at radius 3 is 2.67 bits per heavy atom. The topological polar surface area (TPSA) is 38.9 Å². The Hall–Kier alpha value is -1.16. The van der Waals surface area contributed by atoms with Crippen molar-refractivity contribution < 1.29 is 4.39 Å². The van der Waals surface area contributed by atoms with Crippen molar-refractivity contribution in [1.82, 2.24) is 4.98 Å². The van der Waals surface area contributed by atoms with Crippen LogP contribution in [-0.2, 0) is 6.42 Å². The summed E-state index contributed by atoms with van der Waals surface area (Å²) in [5.74, 6) is -0.280. The van der Waals surface area contributed by atoms with Crippen molar-refractivity contribution in [3.05, 3.63) is 63.6 Å². The zero-order chi connectivity index (χ0) is 13.1. The first-order valence-electron chi connectivity index (χ1n) is 5.38. The fraction of sp³-hybridized carbons (Fsp3) is 0.154. The van der Waals surface area contributed by atoms with Crippen LogP contribution in [0.25, 0.3) is 0 Å². The normalized spacial score (nSPS) is 12.4. The average Bonchev–Trinajstić information content (AvgIpc) is 2.32. The van der Waals surface area contributed by atoms with Crippen molar-refractivity contribution in [2.45, 2.75) is 12.5 Å². The summed E-state index contributed by atoms with van der Waals surface area (Å²) in [5.41, 5.74) is 7.05. The van der Waals surface area contributed by atoms with Gasteiger partial charge in [-0.1, -0.05) is 41.4 Å². The van der Waals surface area contributed by atoms with Crippen LogP contribution in [0.3, 0.4) is 0 Å². The van der Waals surface area contributed by atoms with Gasteiger partial charge in [0.15, 0.2) is 0 Å². The monoisotopic (exact) mass is 284 g/mol. The number of rotatable bonds is 3. The maximum atomic E-state index is 13.5. The second-order valence-electron chi connectivity index (χ2n) is 3.92. The Bertz CT molecular complexity index is 560. The van der Waals surface area contributed by atoms with Crippen LogP contribution in [0.5, 0.6) is 0 Å². The van der Waals surface area contributed by atoms with Crippen LogP contribution >= 0.6 is 23.2 Å². The van der Waals surface area contributed by atoms with E-state index in [4.69, 9.17) is 28.9 Å². The van der Waals surface area contributed by atoms with Crippen molar-refractivity contribution in [2.24, 2.45) is 5.73 Å². The fourth-order valence-corrected chi connectivity index (χ4v) is 2.22. The molecular weight excluding hydrogens is 274 g/mol. The molecule has 0 spiro atoms. The molecule has 18 heavy (non-hydrogen) atoms. The van der Waals surface area contributed by atoms with E-state index in [1.54, 1.807) is 24.3 Å². The van der Waals surface area contributed by atoms with Gasteiger partial charge in [-0.2, -0.15) is 0 Å². The van der Waals surface area contributed by atoms with Crippen LogP contribution < -0.4 is 5.73 Å². The largest absolute Gasteiger partial charge is 0.322 e. The molecule has 94 valence electrons. The molecule has 0 aliphatic heterocycles. The van der Waals surface area contributed by atoms with Crippen LogP contribution in [0, 0.1) is 5.82 Å². The lowest BCUT2D eigenvalue weighted by molar-refractivity contribution is 0.590. The van der Waals surface area contributed by atoms with Gasteiger partial charge in [-0.3, -0.25) is 4.98 Å². The zero-order valence-electron chi connectivity index (χ0n) is 9.41. The Morgan fingerprint density at radius 1 is 1.28 bits per heavy atom. The first-order chi connectivity index (χ1) is 8.58. The van der Waals surface area contributed by atoms with Crippen LogP contribution in [0.15, 0.2) is 36.5 Å². The van der Waals surface area contributed by atoms with Gasteiger partial charge in [0.2, 0.25) is 0 Å². The van der Waals surface area contributed by atoms with E-state index in [2.05, 4.69) is 4.98 Å². The second kappa shape index (κ2) is 5.65. The smallest absolute Gasteiger partial charge is 0.126 e. The summed E-state index contributed by atoms with van der Waals surface area (Å²) < 4.78 is 13.5. The molecule has 2 N–H and O–H groups in total. The highest BCUT2D eigenvalue weighted by Crippen LogP contribution is 2.25. The number of pyridine rings is 1. The predicted octanol–water partition coefficient (Wildman–Crippen LogP) is 3.77. The lowest BCUT2D eigenvalue weighted by Gasteiger charge is -2.13. The standard InChI is InChI=1S/C13H11Cl2FN2/c14-9-6-10(15)13(18-7-9)12(17)5-8-3-1-2-4-11(8)16/h1-4,6-7,12H,5,17H2. The Balaban J connectivity index is 2.22. The molecule has 0 aliphatic carbocycles. The Labute approximate surface area is 115 Å². The number of nitrogens with two attached hydrogens (primary N) is 1. The molecule has 0 saturated heterocycles. The van der Waals surface area contributed by atoms with E-state index in [1.165, 1.54) is 12.3 Å². The summed E-state index contributed by atoms with van der Waals surface area (Å²) >= 11 is 11.8. The molecule has 5 heteroatoms. The number of hydrogen-bond acceptors (Lipinski definition) is 2. The van der Waals surface area contributed by atoms with Crippen LogP contribution in [0.4, 0.5) is 4.39 Å². The highest BCUT2D eigenvalue weighted by Gasteiger charge is 2.14. The van der Waals surface area contributed by atoms with E-state index in [1.807, 2.05) is 0 Å². The van der Waals surface area contributed by atoms with E-state index < -0.39 is 6.04 Å². The summed E-state index contributed by atoms with van der Waals surface area (Å²) in [6.07, 6.45) is 1.81. The zero-order valence-corrected chi connectivity index (χ0v) is 10.9. The Kier molecular flexibility index (Phi) is 4.17. The Morgan fingerprint density at radius 2 is 2.00 bits per heavy atom. The first-order valence-corrected chi connectivity index (χ1v) is 6.13. The third kappa shape index (κ3) is 2.99. The third-order valence-corrected chi connectivity index (χ3v) is 3.09. The van der Waals surface area contributed by atoms with Gasteiger partial charge in [-0.25, -0.2) is 4.39 Å². The van der Waals surface area contributed by atoms with Gasteiger partial charge in [0.1, 0.15) is 5.82 Å².